The lowest BCUT2D eigenvalue weighted by molar-refractivity contribution is -0.153. The predicted molar refractivity (Wildman–Crippen MR) is 161 cm³/mol. The van der Waals surface area contributed by atoms with Crippen LogP contribution in [0.15, 0.2) is 104 Å². The number of ether oxygens (including phenoxy) is 1. The highest BCUT2D eigenvalue weighted by Crippen LogP contribution is 2.39. The van der Waals surface area contributed by atoms with Crippen molar-refractivity contribution in [2.75, 3.05) is 32.8 Å². The number of carbonyl (C=O) groups is 1. The molecule has 4 rings (SSSR count). The van der Waals surface area contributed by atoms with E-state index in [1.807, 2.05) is 54.6 Å². The number of rotatable bonds is 11. The Labute approximate surface area is 239 Å². The van der Waals surface area contributed by atoms with Gasteiger partial charge in [0.25, 0.3) is 0 Å². The molecule has 1 fully saturated rings. The van der Waals surface area contributed by atoms with E-state index in [0.717, 1.165) is 62.0 Å². The summed E-state index contributed by atoms with van der Waals surface area (Å²) in [5.74, 6) is -0.0956. The topological polar surface area (TPSA) is 73.6 Å². The van der Waals surface area contributed by atoms with E-state index in [2.05, 4.69) is 60.9 Å². The van der Waals surface area contributed by atoms with Crippen LogP contribution in [0.1, 0.15) is 55.7 Å². The zero-order valence-electron chi connectivity index (χ0n) is 23.7. The number of aliphatic hydroxyl groups is 1. The summed E-state index contributed by atoms with van der Waals surface area (Å²) in [7, 11) is 0. The van der Waals surface area contributed by atoms with Crippen molar-refractivity contribution < 1.29 is 14.6 Å². The molecule has 5 heteroatoms. The van der Waals surface area contributed by atoms with Crippen LogP contribution in [-0.4, -0.2) is 48.8 Å². The first-order valence-corrected chi connectivity index (χ1v) is 14.3. The zero-order chi connectivity index (χ0) is 28.7. The zero-order valence-corrected chi connectivity index (χ0v) is 23.7. The van der Waals surface area contributed by atoms with Gasteiger partial charge in [-0.05, 0) is 55.5 Å². The van der Waals surface area contributed by atoms with Crippen molar-refractivity contribution in [1.82, 2.24) is 4.90 Å². The average molecular weight is 539 g/mol. The number of benzene rings is 3. The molecule has 1 N–H and O–H groups in total. The molecule has 0 aliphatic carbocycles. The van der Waals surface area contributed by atoms with Gasteiger partial charge in [-0.2, -0.15) is 5.26 Å². The molecular weight excluding hydrogens is 496 g/mol. The van der Waals surface area contributed by atoms with Crippen LogP contribution in [0.2, 0.25) is 0 Å². The van der Waals surface area contributed by atoms with Crippen LogP contribution < -0.4 is 0 Å². The summed E-state index contributed by atoms with van der Waals surface area (Å²) in [6.45, 7) is 8.27. The standard InChI is InChI=1S/C32H36N2O2.C3H6O/c1-2-3-25-36-30(35)31(27-13-7-4-8-14-27)19-22-34(23-20-31)24-21-32(26-33,28-15-9-5-10-16-28)29-17-11-6-12-18-29;1-2-3-4/h4-18H,2-3,19-25H2,1H3;2,4H,1,3H2. The van der Waals surface area contributed by atoms with Gasteiger partial charge in [-0.3, -0.25) is 4.79 Å². The van der Waals surface area contributed by atoms with E-state index in [-0.39, 0.29) is 12.6 Å². The van der Waals surface area contributed by atoms with Gasteiger partial charge in [0.05, 0.1) is 24.7 Å². The Morgan fingerprint density at radius 1 is 1.00 bits per heavy atom. The van der Waals surface area contributed by atoms with Crippen LogP contribution >= 0.6 is 0 Å². The van der Waals surface area contributed by atoms with E-state index in [0.29, 0.717) is 13.0 Å². The lowest BCUT2D eigenvalue weighted by Crippen LogP contribution is -2.49. The number of piperidine rings is 1. The minimum atomic E-state index is -0.713. The maximum Gasteiger partial charge on any atom is 0.316 e. The second-order valence-electron chi connectivity index (χ2n) is 10.2. The smallest absolute Gasteiger partial charge is 0.316 e. The van der Waals surface area contributed by atoms with Crippen molar-refractivity contribution in [3.05, 3.63) is 120 Å². The quantitative estimate of drug-likeness (QED) is 0.173. The number of unbranched alkanes of at least 4 members (excludes halogenated alkanes) is 1. The Bertz CT molecular complexity index is 1160. The maximum atomic E-state index is 13.4. The third-order valence-corrected chi connectivity index (χ3v) is 7.81. The molecule has 0 atom stereocenters. The Kier molecular flexibility index (Phi) is 12.1. The Morgan fingerprint density at radius 2 is 1.50 bits per heavy atom. The average Bonchev–Trinajstić information content (AvgIpc) is 3.03. The minimum absolute atomic E-state index is 0.0833. The fourth-order valence-electron chi connectivity index (χ4n) is 5.39. The fraction of sp³-hybridized carbons (Fsp3) is 0.371. The third-order valence-electron chi connectivity index (χ3n) is 7.81. The summed E-state index contributed by atoms with van der Waals surface area (Å²) in [4.78, 5) is 15.8. The summed E-state index contributed by atoms with van der Waals surface area (Å²) in [6.07, 6.45) is 5.45. The summed E-state index contributed by atoms with van der Waals surface area (Å²) in [6, 6.07) is 33.0. The van der Waals surface area contributed by atoms with Gasteiger partial charge >= 0.3 is 5.97 Å². The number of hydrogen-bond donors (Lipinski definition) is 1. The molecule has 0 amide bonds. The normalized spacial score (nSPS) is 14.7. The Morgan fingerprint density at radius 3 is 1.95 bits per heavy atom. The molecule has 1 heterocycles. The van der Waals surface area contributed by atoms with Crippen molar-refractivity contribution in [2.24, 2.45) is 0 Å². The van der Waals surface area contributed by atoms with Crippen LogP contribution in [0.5, 0.6) is 0 Å². The number of hydrogen-bond acceptors (Lipinski definition) is 5. The fourth-order valence-corrected chi connectivity index (χ4v) is 5.39. The van der Waals surface area contributed by atoms with Crippen molar-refractivity contribution >= 4 is 5.97 Å². The second kappa shape index (κ2) is 15.8. The van der Waals surface area contributed by atoms with Crippen LogP contribution in [-0.2, 0) is 20.4 Å². The monoisotopic (exact) mass is 538 g/mol. The molecule has 0 radical (unpaired) electrons. The van der Waals surface area contributed by atoms with Gasteiger partial charge < -0.3 is 14.7 Å². The Balaban J connectivity index is 0.00000103. The maximum absolute atomic E-state index is 13.4. The number of carbonyl (C=O) groups excluding carboxylic acids is 1. The van der Waals surface area contributed by atoms with Gasteiger partial charge in [0.15, 0.2) is 0 Å². The first-order chi connectivity index (χ1) is 19.6. The van der Waals surface area contributed by atoms with E-state index in [4.69, 9.17) is 9.84 Å². The van der Waals surface area contributed by atoms with Crippen LogP contribution in [0, 0.1) is 11.3 Å². The molecule has 0 aromatic heterocycles. The highest BCUT2D eigenvalue weighted by atomic mass is 16.5. The second-order valence-corrected chi connectivity index (χ2v) is 10.2. The number of nitrogens with zero attached hydrogens (tertiary/aromatic N) is 2. The van der Waals surface area contributed by atoms with E-state index >= 15 is 0 Å². The molecule has 3 aromatic rings. The van der Waals surface area contributed by atoms with Gasteiger partial charge in [0, 0.05) is 6.54 Å². The Hall–Kier alpha value is -3.72. The minimum Gasteiger partial charge on any atom is -0.465 e. The molecule has 40 heavy (non-hydrogen) atoms. The lowest BCUT2D eigenvalue weighted by Gasteiger charge is -2.41. The van der Waals surface area contributed by atoms with Crippen LogP contribution in [0.25, 0.3) is 0 Å². The van der Waals surface area contributed by atoms with Gasteiger partial charge in [0.2, 0.25) is 0 Å². The molecule has 210 valence electrons. The van der Waals surface area contributed by atoms with Crippen LogP contribution in [0.3, 0.4) is 0 Å². The molecule has 0 bridgehead atoms. The third kappa shape index (κ3) is 7.47. The van der Waals surface area contributed by atoms with Gasteiger partial charge in [0.1, 0.15) is 5.41 Å². The van der Waals surface area contributed by atoms with Crippen molar-refractivity contribution in [3.8, 4) is 6.07 Å². The van der Waals surface area contributed by atoms with E-state index in [9.17, 15) is 10.1 Å². The molecule has 1 aliphatic rings. The molecule has 1 aliphatic heterocycles. The van der Waals surface area contributed by atoms with Gasteiger partial charge in [-0.1, -0.05) is 110 Å². The van der Waals surface area contributed by atoms with E-state index < -0.39 is 10.8 Å². The summed E-state index contributed by atoms with van der Waals surface area (Å²) in [5, 5.41) is 18.2. The molecule has 1 saturated heterocycles. The predicted octanol–water partition coefficient (Wildman–Crippen LogP) is 6.43. The molecule has 5 nitrogen and oxygen atoms in total. The number of likely N-dealkylation sites (tertiary alicyclic amines) is 1. The van der Waals surface area contributed by atoms with Gasteiger partial charge in [-0.15, -0.1) is 6.58 Å². The molecule has 0 unspecified atom stereocenters. The van der Waals surface area contributed by atoms with Crippen molar-refractivity contribution in [2.45, 2.75) is 49.9 Å². The van der Waals surface area contributed by atoms with Gasteiger partial charge in [-0.25, -0.2) is 0 Å². The van der Waals surface area contributed by atoms with E-state index in [1.165, 1.54) is 6.08 Å². The first-order valence-electron chi connectivity index (χ1n) is 14.3. The summed E-state index contributed by atoms with van der Waals surface area (Å²) < 4.78 is 5.76. The van der Waals surface area contributed by atoms with Crippen molar-refractivity contribution in [3.63, 3.8) is 0 Å². The highest BCUT2D eigenvalue weighted by Gasteiger charge is 2.44. The summed E-state index contributed by atoms with van der Waals surface area (Å²) >= 11 is 0. The largest absolute Gasteiger partial charge is 0.465 e. The summed E-state index contributed by atoms with van der Waals surface area (Å²) in [5.41, 5.74) is 1.78. The SMILES string of the molecule is C=CCO.CCCCOC(=O)C1(c2ccccc2)CCN(CCC(C#N)(c2ccccc2)c2ccccc2)CC1. The van der Waals surface area contributed by atoms with Crippen LogP contribution in [0.4, 0.5) is 0 Å². The molecular formula is C35H42N2O3. The first kappa shape index (κ1) is 30.8. The van der Waals surface area contributed by atoms with Crippen molar-refractivity contribution in [1.29, 1.82) is 5.26 Å². The number of nitriles is 1. The number of esters is 1. The molecule has 0 spiro atoms. The number of aliphatic hydroxyl groups excluding tert-OH is 1. The lowest BCUT2D eigenvalue weighted by atomic mass is 9.71. The molecule has 0 saturated carbocycles. The highest BCUT2D eigenvalue weighted by molar-refractivity contribution is 5.83. The van der Waals surface area contributed by atoms with E-state index in [1.54, 1.807) is 0 Å². The molecule has 3 aromatic carbocycles.